The van der Waals surface area contributed by atoms with E-state index in [1.165, 1.54) is 24.5 Å². The second-order valence-electron chi connectivity index (χ2n) is 6.35. The third kappa shape index (κ3) is 5.01. The Bertz CT molecular complexity index is 1080. The zero-order chi connectivity index (χ0) is 20.9. The Morgan fingerprint density at radius 2 is 2.00 bits per heavy atom. The zero-order valence-electron chi connectivity index (χ0n) is 15.9. The minimum atomic E-state index is -4.20. The third-order valence-electron chi connectivity index (χ3n) is 4.16. The highest BCUT2D eigenvalue weighted by atomic mass is 32.2. The molecular formula is C20H22N4O4S. The number of para-hydroxylation sites is 1. The Labute approximate surface area is 169 Å². The number of ketones is 1. The summed E-state index contributed by atoms with van der Waals surface area (Å²) in [6.45, 7) is 2.68. The standard InChI is InChI=1S/C20H22N4O4S/c1-2-3-9-22-16-12-15(19(25)20-23-10-11-24-20)18(29(21,26)27)13-17(16)28-14-7-5-4-6-8-14/h4-8,10-13,22H,2-3,9H2,1H3,(H,23,24)(H2,21,26,27). The molecule has 1 heterocycles. The molecule has 0 aliphatic carbocycles. The largest absolute Gasteiger partial charge is 0.455 e. The zero-order valence-corrected chi connectivity index (χ0v) is 16.7. The molecule has 1 aromatic heterocycles. The van der Waals surface area contributed by atoms with E-state index in [9.17, 15) is 13.2 Å². The van der Waals surface area contributed by atoms with Crippen molar-refractivity contribution in [3.05, 3.63) is 66.2 Å². The number of carbonyl (C=O) groups excluding carboxylic acids is 1. The summed E-state index contributed by atoms with van der Waals surface area (Å²) in [4.78, 5) is 19.1. The molecule has 0 bridgehead atoms. The van der Waals surface area contributed by atoms with Crippen molar-refractivity contribution in [3.63, 3.8) is 0 Å². The maximum atomic E-state index is 12.8. The number of hydrogen-bond acceptors (Lipinski definition) is 6. The number of unbranched alkanes of at least 4 members (excludes halogenated alkanes) is 1. The van der Waals surface area contributed by atoms with E-state index < -0.39 is 15.8 Å². The molecule has 3 aromatic rings. The summed E-state index contributed by atoms with van der Waals surface area (Å²) in [5.41, 5.74) is 0.409. The topological polar surface area (TPSA) is 127 Å². The van der Waals surface area contributed by atoms with Gasteiger partial charge >= 0.3 is 0 Å². The number of primary sulfonamides is 1. The van der Waals surface area contributed by atoms with Crippen LogP contribution in [0.4, 0.5) is 5.69 Å². The van der Waals surface area contributed by atoms with Crippen molar-refractivity contribution in [2.75, 3.05) is 11.9 Å². The third-order valence-corrected chi connectivity index (χ3v) is 5.11. The first-order valence-electron chi connectivity index (χ1n) is 9.12. The minimum absolute atomic E-state index is 0.0196. The van der Waals surface area contributed by atoms with E-state index in [4.69, 9.17) is 9.88 Å². The smallest absolute Gasteiger partial charge is 0.238 e. The highest BCUT2D eigenvalue weighted by molar-refractivity contribution is 7.89. The number of nitrogens with two attached hydrogens (primary N) is 1. The number of imidazole rings is 1. The van der Waals surface area contributed by atoms with Crippen LogP contribution in [0.5, 0.6) is 11.5 Å². The predicted octanol–water partition coefficient (Wildman–Crippen LogP) is 3.29. The number of nitrogens with one attached hydrogen (secondary N) is 2. The van der Waals surface area contributed by atoms with Gasteiger partial charge in [0.15, 0.2) is 11.6 Å². The lowest BCUT2D eigenvalue weighted by Crippen LogP contribution is -2.18. The second-order valence-corrected chi connectivity index (χ2v) is 7.88. The number of carbonyl (C=O) groups is 1. The summed E-state index contributed by atoms with van der Waals surface area (Å²) in [7, 11) is -4.20. The second kappa shape index (κ2) is 8.89. The molecule has 0 saturated carbocycles. The Kier molecular flexibility index (Phi) is 6.30. The molecule has 0 spiro atoms. The van der Waals surface area contributed by atoms with E-state index in [2.05, 4.69) is 22.2 Å². The van der Waals surface area contributed by atoms with Crippen LogP contribution in [0.3, 0.4) is 0 Å². The Morgan fingerprint density at radius 1 is 1.24 bits per heavy atom. The summed E-state index contributed by atoms with van der Waals surface area (Å²) in [6, 6.07) is 11.6. The van der Waals surface area contributed by atoms with E-state index in [0.29, 0.717) is 18.0 Å². The normalized spacial score (nSPS) is 11.2. The van der Waals surface area contributed by atoms with E-state index in [0.717, 1.165) is 12.8 Å². The van der Waals surface area contributed by atoms with Gasteiger partial charge in [0.05, 0.1) is 10.6 Å². The quantitative estimate of drug-likeness (QED) is 0.364. The molecule has 3 rings (SSSR count). The Hall–Kier alpha value is -3.17. The van der Waals surface area contributed by atoms with Gasteiger partial charge < -0.3 is 15.0 Å². The molecular weight excluding hydrogens is 392 g/mol. The fraction of sp³-hybridized carbons (Fsp3) is 0.200. The number of aromatic amines is 1. The molecule has 0 radical (unpaired) electrons. The van der Waals surface area contributed by atoms with Crippen LogP contribution < -0.4 is 15.2 Å². The molecule has 9 heteroatoms. The molecule has 0 aliphatic rings. The van der Waals surface area contributed by atoms with E-state index in [1.54, 1.807) is 24.3 Å². The van der Waals surface area contributed by atoms with Gasteiger partial charge in [-0.1, -0.05) is 31.5 Å². The van der Waals surface area contributed by atoms with Crippen LogP contribution in [0, 0.1) is 0 Å². The molecule has 152 valence electrons. The maximum Gasteiger partial charge on any atom is 0.238 e. The Morgan fingerprint density at radius 3 is 2.62 bits per heavy atom. The summed E-state index contributed by atoms with van der Waals surface area (Å²) in [6.07, 6.45) is 4.76. The highest BCUT2D eigenvalue weighted by Crippen LogP contribution is 2.35. The summed E-state index contributed by atoms with van der Waals surface area (Å²) >= 11 is 0. The molecule has 0 atom stereocenters. The molecule has 0 amide bonds. The van der Waals surface area contributed by atoms with Crippen LogP contribution in [-0.2, 0) is 10.0 Å². The molecule has 0 fully saturated rings. The van der Waals surface area contributed by atoms with E-state index in [1.807, 2.05) is 6.07 Å². The van der Waals surface area contributed by atoms with Gasteiger partial charge in [-0.05, 0) is 24.6 Å². The van der Waals surface area contributed by atoms with Gasteiger partial charge in [-0.15, -0.1) is 0 Å². The van der Waals surface area contributed by atoms with Crippen molar-refractivity contribution in [2.24, 2.45) is 5.14 Å². The van der Waals surface area contributed by atoms with E-state index in [-0.39, 0.29) is 22.0 Å². The number of rotatable bonds is 9. The molecule has 4 N–H and O–H groups in total. The average Bonchev–Trinajstić information content (AvgIpc) is 3.23. The number of hydrogen-bond donors (Lipinski definition) is 3. The minimum Gasteiger partial charge on any atom is -0.455 e. The first kappa shape index (κ1) is 20.6. The number of anilines is 1. The van der Waals surface area contributed by atoms with Crippen LogP contribution in [0.25, 0.3) is 0 Å². The number of benzene rings is 2. The molecule has 0 aliphatic heterocycles. The predicted molar refractivity (Wildman–Crippen MR) is 110 cm³/mol. The molecule has 2 aromatic carbocycles. The fourth-order valence-electron chi connectivity index (χ4n) is 2.73. The lowest BCUT2D eigenvalue weighted by Gasteiger charge is -2.16. The van der Waals surface area contributed by atoms with Crippen molar-refractivity contribution in [2.45, 2.75) is 24.7 Å². The summed E-state index contributed by atoms with van der Waals surface area (Å²) < 4.78 is 30.3. The van der Waals surface area contributed by atoms with Gasteiger partial charge in [0.25, 0.3) is 0 Å². The summed E-state index contributed by atoms with van der Waals surface area (Å²) in [5.74, 6) is 0.221. The highest BCUT2D eigenvalue weighted by Gasteiger charge is 2.25. The monoisotopic (exact) mass is 414 g/mol. The first-order chi connectivity index (χ1) is 13.9. The van der Waals surface area contributed by atoms with Crippen LogP contribution in [0.15, 0.2) is 59.8 Å². The number of H-pyrrole nitrogens is 1. The number of sulfonamides is 1. The van der Waals surface area contributed by atoms with Gasteiger partial charge in [0, 0.05) is 30.6 Å². The van der Waals surface area contributed by atoms with Gasteiger partial charge in [0.2, 0.25) is 15.8 Å². The number of ether oxygens (including phenoxy) is 1. The van der Waals surface area contributed by atoms with Crippen LogP contribution in [-0.4, -0.2) is 30.7 Å². The van der Waals surface area contributed by atoms with Crippen molar-refractivity contribution in [3.8, 4) is 11.5 Å². The fourth-order valence-corrected chi connectivity index (χ4v) is 3.46. The van der Waals surface area contributed by atoms with Gasteiger partial charge in [0.1, 0.15) is 5.75 Å². The number of aromatic nitrogens is 2. The van der Waals surface area contributed by atoms with Crippen molar-refractivity contribution < 1.29 is 17.9 Å². The maximum absolute atomic E-state index is 12.8. The van der Waals surface area contributed by atoms with Gasteiger partial charge in [-0.2, -0.15) is 0 Å². The SMILES string of the molecule is CCCCNc1cc(C(=O)c2ncc[nH]2)c(S(N)(=O)=O)cc1Oc1ccccc1. The van der Waals surface area contributed by atoms with Crippen molar-refractivity contribution >= 4 is 21.5 Å². The van der Waals surface area contributed by atoms with Crippen molar-refractivity contribution in [1.29, 1.82) is 0 Å². The lowest BCUT2D eigenvalue weighted by atomic mass is 10.1. The lowest BCUT2D eigenvalue weighted by molar-refractivity contribution is 0.102. The molecule has 8 nitrogen and oxygen atoms in total. The van der Waals surface area contributed by atoms with Gasteiger partial charge in [-0.3, -0.25) is 4.79 Å². The molecule has 0 saturated heterocycles. The van der Waals surface area contributed by atoms with E-state index >= 15 is 0 Å². The van der Waals surface area contributed by atoms with Crippen LogP contribution >= 0.6 is 0 Å². The molecule has 0 unspecified atom stereocenters. The first-order valence-corrected chi connectivity index (χ1v) is 10.7. The van der Waals surface area contributed by atoms with Crippen LogP contribution in [0.2, 0.25) is 0 Å². The Balaban J connectivity index is 2.12. The van der Waals surface area contributed by atoms with Crippen molar-refractivity contribution in [1.82, 2.24) is 9.97 Å². The number of nitrogens with zero attached hydrogens (tertiary/aromatic N) is 1. The average molecular weight is 414 g/mol. The molecule has 29 heavy (non-hydrogen) atoms. The summed E-state index contributed by atoms with van der Waals surface area (Å²) in [5, 5.41) is 8.61. The van der Waals surface area contributed by atoms with Crippen LogP contribution in [0.1, 0.15) is 35.9 Å². The van der Waals surface area contributed by atoms with Gasteiger partial charge in [-0.25, -0.2) is 18.5 Å².